The first-order valence-electron chi connectivity index (χ1n) is 7.26. The molecule has 0 radical (unpaired) electrons. The van der Waals surface area contributed by atoms with Crippen LogP contribution in [-0.4, -0.2) is 22.7 Å². The Hall–Kier alpha value is -1.75. The molecule has 1 aromatic carbocycles. The van der Waals surface area contributed by atoms with Gasteiger partial charge in [0, 0.05) is 12.5 Å². The van der Waals surface area contributed by atoms with Crippen LogP contribution in [0.5, 0.6) is 0 Å². The van der Waals surface area contributed by atoms with Crippen LogP contribution in [0.4, 0.5) is 4.39 Å². The minimum atomic E-state index is -0.420. The summed E-state index contributed by atoms with van der Waals surface area (Å²) < 4.78 is 18.4. The van der Waals surface area contributed by atoms with Crippen LogP contribution in [0.2, 0.25) is 0 Å². The smallest absolute Gasteiger partial charge is 0.228 e. The minimum absolute atomic E-state index is 0.247. The molecule has 5 heteroatoms. The van der Waals surface area contributed by atoms with Gasteiger partial charge in [-0.15, -0.1) is 0 Å². The number of nitrogens with one attached hydrogen (secondary N) is 1. The number of aromatic nitrogens is 2. The zero-order valence-electron chi connectivity index (χ0n) is 13.0. The number of halogens is 1. The molecule has 21 heavy (non-hydrogen) atoms. The molecular formula is C16H22FN3O. The van der Waals surface area contributed by atoms with Gasteiger partial charge in [0.05, 0.1) is 5.41 Å². The van der Waals surface area contributed by atoms with Crippen LogP contribution in [0.3, 0.4) is 0 Å². The largest absolute Gasteiger partial charge is 0.339 e. The fourth-order valence-corrected chi connectivity index (χ4v) is 2.27. The standard InChI is InChI=1S/C16H22FN3O/c1-5-18-11(2)10-14-19-15(20-21-14)16(3,4)12-6-8-13(17)9-7-12/h6-9,11,18H,5,10H2,1-4H3. The molecule has 0 aliphatic rings. The third-order valence-corrected chi connectivity index (χ3v) is 3.63. The Morgan fingerprint density at radius 1 is 1.29 bits per heavy atom. The highest BCUT2D eigenvalue weighted by molar-refractivity contribution is 5.30. The van der Waals surface area contributed by atoms with Gasteiger partial charge in [-0.2, -0.15) is 4.98 Å². The van der Waals surface area contributed by atoms with Gasteiger partial charge in [0.2, 0.25) is 5.89 Å². The Kier molecular flexibility index (Phi) is 4.73. The molecule has 1 unspecified atom stereocenters. The summed E-state index contributed by atoms with van der Waals surface area (Å²) in [5, 5.41) is 7.40. The van der Waals surface area contributed by atoms with E-state index in [1.807, 2.05) is 13.8 Å². The molecule has 2 aromatic rings. The summed E-state index contributed by atoms with van der Waals surface area (Å²) in [6.45, 7) is 9.06. The van der Waals surface area contributed by atoms with E-state index >= 15 is 0 Å². The molecule has 114 valence electrons. The number of hydrogen-bond acceptors (Lipinski definition) is 4. The molecule has 1 N–H and O–H groups in total. The van der Waals surface area contributed by atoms with Crippen molar-refractivity contribution in [2.24, 2.45) is 0 Å². The Balaban J connectivity index is 2.17. The molecular weight excluding hydrogens is 269 g/mol. The summed E-state index contributed by atoms with van der Waals surface area (Å²) in [6, 6.07) is 6.70. The first-order chi connectivity index (χ1) is 9.93. The third-order valence-electron chi connectivity index (χ3n) is 3.63. The maximum atomic E-state index is 13.0. The lowest BCUT2D eigenvalue weighted by Crippen LogP contribution is -2.27. The molecule has 1 heterocycles. The second kappa shape index (κ2) is 6.35. The zero-order valence-corrected chi connectivity index (χ0v) is 13.0. The maximum Gasteiger partial charge on any atom is 0.228 e. The maximum absolute atomic E-state index is 13.0. The van der Waals surface area contributed by atoms with Crippen LogP contribution in [-0.2, 0) is 11.8 Å². The molecule has 0 spiro atoms. The molecule has 2 rings (SSSR count). The van der Waals surface area contributed by atoms with Crippen LogP contribution in [0.15, 0.2) is 28.8 Å². The van der Waals surface area contributed by atoms with Crippen LogP contribution < -0.4 is 5.32 Å². The zero-order chi connectivity index (χ0) is 15.5. The summed E-state index contributed by atoms with van der Waals surface area (Å²) in [5.41, 5.74) is 0.535. The van der Waals surface area contributed by atoms with Gasteiger partial charge in [0.25, 0.3) is 0 Å². The summed E-state index contributed by atoms with van der Waals surface area (Å²) in [7, 11) is 0. The van der Waals surface area contributed by atoms with Crippen molar-refractivity contribution < 1.29 is 8.91 Å². The average molecular weight is 291 g/mol. The van der Waals surface area contributed by atoms with Gasteiger partial charge in [-0.1, -0.05) is 24.2 Å². The van der Waals surface area contributed by atoms with Crippen molar-refractivity contribution in [3.05, 3.63) is 47.4 Å². The van der Waals surface area contributed by atoms with E-state index in [2.05, 4.69) is 29.3 Å². The Labute approximate surface area is 124 Å². The van der Waals surface area contributed by atoms with Crippen molar-refractivity contribution >= 4 is 0 Å². The second-order valence-electron chi connectivity index (χ2n) is 5.81. The Bertz CT molecular complexity index is 577. The first kappa shape index (κ1) is 15.6. The fourth-order valence-electron chi connectivity index (χ4n) is 2.27. The lowest BCUT2D eigenvalue weighted by atomic mass is 9.84. The van der Waals surface area contributed by atoms with Crippen LogP contribution in [0.1, 0.15) is 45.0 Å². The van der Waals surface area contributed by atoms with E-state index < -0.39 is 5.41 Å². The van der Waals surface area contributed by atoms with Crippen molar-refractivity contribution in [1.82, 2.24) is 15.5 Å². The lowest BCUT2D eigenvalue weighted by Gasteiger charge is -2.20. The van der Waals surface area contributed by atoms with Gasteiger partial charge >= 0.3 is 0 Å². The summed E-state index contributed by atoms with van der Waals surface area (Å²) in [5.74, 6) is 0.990. The van der Waals surface area contributed by atoms with E-state index in [4.69, 9.17) is 4.52 Å². The minimum Gasteiger partial charge on any atom is -0.339 e. The quantitative estimate of drug-likeness (QED) is 0.888. The summed E-state index contributed by atoms with van der Waals surface area (Å²) in [6.07, 6.45) is 0.695. The lowest BCUT2D eigenvalue weighted by molar-refractivity contribution is 0.353. The van der Waals surface area contributed by atoms with Gasteiger partial charge in [0.1, 0.15) is 5.82 Å². The monoisotopic (exact) mass is 291 g/mol. The normalized spacial score (nSPS) is 13.4. The van der Waals surface area contributed by atoms with Crippen molar-refractivity contribution in [3.8, 4) is 0 Å². The summed E-state index contributed by atoms with van der Waals surface area (Å²) >= 11 is 0. The highest BCUT2D eigenvalue weighted by atomic mass is 19.1. The van der Waals surface area contributed by atoms with Gasteiger partial charge in [-0.3, -0.25) is 0 Å². The first-order valence-corrected chi connectivity index (χ1v) is 7.26. The predicted octanol–water partition coefficient (Wildman–Crippen LogP) is 3.08. The van der Waals surface area contributed by atoms with Crippen molar-refractivity contribution in [2.45, 2.75) is 45.6 Å². The van der Waals surface area contributed by atoms with Crippen LogP contribution in [0.25, 0.3) is 0 Å². The topological polar surface area (TPSA) is 51.0 Å². The van der Waals surface area contributed by atoms with Gasteiger partial charge < -0.3 is 9.84 Å². The third kappa shape index (κ3) is 3.67. The molecule has 4 nitrogen and oxygen atoms in total. The Morgan fingerprint density at radius 2 is 1.95 bits per heavy atom. The number of hydrogen-bond donors (Lipinski definition) is 1. The molecule has 0 aliphatic carbocycles. The predicted molar refractivity (Wildman–Crippen MR) is 79.7 cm³/mol. The number of nitrogens with zero attached hydrogens (tertiary/aromatic N) is 2. The SMILES string of the molecule is CCNC(C)Cc1nc(C(C)(C)c2ccc(F)cc2)no1. The molecule has 0 saturated heterocycles. The van der Waals surface area contributed by atoms with Crippen molar-refractivity contribution in [1.29, 1.82) is 0 Å². The van der Waals surface area contributed by atoms with Gasteiger partial charge in [-0.25, -0.2) is 4.39 Å². The molecule has 0 aliphatic heterocycles. The van der Waals surface area contributed by atoms with Crippen molar-refractivity contribution in [3.63, 3.8) is 0 Å². The van der Waals surface area contributed by atoms with Crippen molar-refractivity contribution in [2.75, 3.05) is 6.54 Å². The highest BCUT2D eigenvalue weighted by Gasteiger charge is 2.29. The molecule has 1 aromatic heterocycles. The second-order valence-corrected chi connectivity index (χ2v) is 5.81. The molecule has 0 saturated carbocycles. The van der Waals surface area contributed by atoms with E-state index in [-0.39, 0.29) is 11.9 Å². The molecule has 0 fully saturated rings. The number of benzene rings is 1. The van der Waals surface area contributed by atoms with E-state index in [9.17, 15) is 4.39 Å². The molecule has 0 amide bonds. The number of rotatable bonds is 6. The molecule has 1 atom stereocenters. The average Bonchev–Trinajstić information content (AvgIpc) is 2.88. The van der Waals surface area contributed by atoms with E-state index in [0.29, 0.717) is 18.1 Å². The summed E-state index contributed by atoms with van der Waals surface area (Å²) in [4.78, 5) is 4.49. The van der Waals surface area contributed by atoms with E-state index in [1.54, 1.807) is 12.1 Å². The van der Waals surface area contributed by atoms with Gasteiger partial charge in [0.15, 0.2) is 5.82 Å². The van der Waals surface area contributed by atoms with Crippen LogP contribution >= 0.6 is 0 Å². The fraction of sp³-hybridized carbons (Fsp3) is 0.500. The Morgan fingerprint density at radius 3 is 2.57 bits per heavy atom. The van der Waals surface area contributed by atoms with Crippen LogP contribution in [0, 0.1) is 5.82 Å². The number of likely N-dealkylation sites (N-methyl/N-ethyl adjacent to an activating group) is 1. The molecule has 0 bridgehead atoms. The van der Waals surface area contributed by atoms with Gasteiger partial charge in [-0.05, 0) is 45.0 Å². The van der Waals surface area contributed by atoms with E-state index in [1.165, 1.54) is 12.1 Å². The van der Waals surface area contributed by atoms with E-state index in [0.717, 1.165) is 12.1 Å². The highest BCUT2D eigenvalue weighted by Crippen LogP contribution is 2.29.